The number of para-hydroxylation sites is 2. The van der Waals surface area contributed by atoms with Crippen molar-refractivity contribution in [2.45, 2.75) is 147 Å². The second-order valence-electron chi connectivity index (χ2n) is 25.8. The number of Topliss-reactive ketones (excluding diaryl/α,β-unsaturated/α-hetero) is 2. The molecule has 0 unspecified atom stereocenters. The van der Waals surface area contributed by atoms with Gasteiger partial charge in [-0.15, -0.1) is 0 Å². The number of ketones is 2. The molecule has 9 rings (SSSR count). The fourth-order valence-corrected chi connectivity index (χ4v) is 14.6. The molecule has 4 aromatic carbocycles. The summed E-state index contributed by atoms with van der Waals surface area (Å²) < 4.78 is 55.3. The van der Waals surface area contributed by atoms with Gasteiger partial charge in [-0.2, -0.15) is 0 Å². The number of carbonyl (C=O) groups excluding carboxylic acids is 10. The maximum absolute atomic E-state index is 16.6. The number of rotatable bonds is 26. The molecule has 2 bridgehead atoms. The standard InChI is InChI=1S/C70H77N3O24/c1-38-30-49(76)46(47(38)34-73(87)88)31-53(77)71-48(28-29-54(78)79)64(83)72-58(42-20-12-8-13-21-42)60(95-56(81)36-90-45-26-18-11-19-27-45)66(85)93-50-33-70(86)63(96-65(84)43-22-14-9-15-23-43)61-68(7,62(82)59(92-40(3)74)57(39(50)2)67(70,5)6)51(32-52-69(61,37-91-52)97-41(4)75)94-55(80)35-89-44-24-16-10-17-25-44/h8-27,38,46-48,50-52,58-61,63,86H,28-37H2,1-7H3,(H,71,77)(H,72,83)(H,78,79)/t38-,46-,47+,48-,50+,51+,52-,58+,59-,60-,61+,63+,68-,69+,70-/m1/s1. The Morgan fingerprint density at radius 1 is 0.763 bits per heavy atom. The Morgan fingerprint density at radius 3 is 1.91 bits per heavy atom. The molecule has 0 aromatic heterocycles. The van der Waals surface area contributed by atoms with E-state index in [1.807, 2.05) is 0 Å². The average Bonchev–Trinajstić information content (AvgIpc) is 0.890. The van der Waals surface area contributed by atoms with Crippen LogP contribution in [-0.4, -0.2) is 161 Å². The van der Waals surface area contributed by atoms with E-state index in [2.05, 4.69) is 10.6 Å². The van der Waals surface area contributed by atoms with Gasteiger partial charge >= 0.3 is 41.8 Å². The van der Waals surface area contributed by atoms with Crippen molar-refractivity contribution in [3.63, 3.8) is 0 Å². The van der Waals surface area contributed by atoms with Crippen molar-refractivity contribution in [2.75, 3.05) is 26.4 Å². The lowest BCUT2D eigenvalue weighted by Crippen LogP contribution is -2.82. The molecule has 4 aromatic rings. The summed E-state index contributed by atoms with van der Waals surface area (Å²) in [5.41, 5.74) is -9.28. The van der Waals surface area contributed by atoms with Crippen LogP contribution in [0.15, 0.2) is 132 Å². The molecule has 15 atom stereocenters. The third-order valence-corrected chi connectivity index (χ3v) is 19.4. The van der Waals surface area contributed by atoms with Crippen LogP contribution in [0.3, 0.4) is 0 Å². The molecule has 2 amide bonds. The van der Waals surface area contributed by atoms with Gasteiger partial charge in [0.05, 0.1) is 23.5 Å². The lowest BCUT2D eigenvalue weighted by molar-refractivity contribution is -0.490. The number of ether oxygens (including phenoxy) is 9. The summed E-state index contributed by atoms with van der Waals surface area (Å²) in [5.74, 6) is -15.5. The maximum Gasteiger partial charge on any atom is 0.350 e. The molecule has 27 heteroatoms. The number of amides is 2. The second kappa shape index (κ2) is 29.6. The number of esters is 6. The molecule has 5 aliphatic rings. The summed E-state index contributed by atoms with van der Waals surface area (Å²) in [6.45, 7) is 6.71. The zero-order chi connectivity index (χ0) is 70.3. The largest absolute Gasteiger partial charge is 0.482 e. The molecule has 1 saturated heterocycles. The molecule has 4 N–H and O–H groups in total. The summed E-state index contributed by atoms with van der Waals surface area (Å²) in [6.07, 6.45) is -14.4. The molecule has 1 aliphatic heterocycles. The summed E-state index contributed by atoms with van der Waals surface area (Å²) in [6, 6.07) is 27.5. The number of carboxylic acids is 1. The van der Waals surface area contributed by atoms with E-state index in [0.29, 0.717) is 0 Å². The Kier molecular flexibility index (Phi) is 21.8. The number of hydrogen-bond acceptors (Lipinski definition) is 23. The van der Waals surface area contributed by atoms with Gasteiger partial charge in [-0.25, -0.2) is 19.2 Å². The Hall–Kier alpha value is -9.89. The fourth-order valence-electron chi connectivity index (χ4n) is 14.6. The van der Waals surface area contributed by atoms with Crippen molar-refractivity contribution < 1.29 is 111 Å². The van der Waals surface area contributed by atoms with E-state index in [9.17, 15) is 63.5 Å². The van der Waals surface area contributed by atoms with Crippen molar-refractivity contribution >= 4 is 65.2 Å². The Labute approximate surface area is 557 Å². The zero-order valence-corrected chi connectivity index (χ0v) is 54.4. The first-order valence-corrected chi connectivity index (χ1v) is 31.7. The van der Waals surface area contributed by atoms with Crippen LogP contribution < -0.4 is 20.1 Å². The summed E-state index contributed by atoms with van der Waals surface area (Å²) in [5, 5.41) is 41.1. The van der Waals surface area contributed by atoms with E-state index in [1.54, 1.807) is 67.6 Å². The molecule has 3 saturated carbocycles. The van der Waals surface area contributed by atoms with Crippen LogP contribution in [0.4, 0.5) is 0 Å². The predicted octanol–water partition coefficient (Wildman–Crippen LogP) is 5.54. The van der Waals surface area contributed by atoms with Gasteiger partial charge in [0, 0.05) is 68.1 Å². The highest BCUT2D eigenvalue weighted by Crippen LogP contribution is 2.65. The van der Waals surface area contributed by atoms with Crippen molar-refractivity contribution in [2.24, 2.45) is 34.5 Å². The number of hydrogen-bond donors (Lipinski definition) is 4. The SMILES string of the molecule is CC(=O)O[C@H]1C(=O)[C@]2(C)[C@@H](OC(=O)COc3ccccc3)C[C@H]3OC[C@@]3(OC(C)=O)[C@H]2[C@H](OC(=O)c2ccccc2)[C@]2(O)C[C@H](OC(=O)[C@H](OC(=O)COc3ccccc3)[C@@H](NC(=O)[C@@H](CCC(=O)O)NC(=O)C[C@H]3C(=O)C[C@@H](C)[C@@H]3C[N+](=O)[O-])c3ccccc3)C(C)=C1C2(C)C. The summed E-state index contributed by atoms with van der Waals surface area (Å²) in [7, 11) is 0. The van der Waals surface area contributed by atoms with Crippen LogP contribution in [0.5, 0.6) is 11.5 Å². The van der Waals surface area contributed by atoms with Crippen molar-refractivity contribution in [1.82, 2.24) is 10.6 Å². The van der Waals surface area contributed by atoms with E-state index in [-0.39, 0.29) is 46.6 Å². The molecular formula is C70H77N3O24. The smallest absolute Gasteiger partial charge is 0.350 e. The van der Waals surface area contributed by atoms with Gasteiger partial charge in [0.2, 0.25) is 24.5 Å². The van der Waals surface area contributed by atoms with Crippen LogP contribution in [0.2, 0.25) is 0 Å². The molecule has 0 spiro atoms. The molecule has 516 valence electrons. The van der Waals surface area contributed by atoms with E-state index in [4.69, 9.17) is 42.6 Å². The van der Waals surface area contributed by atoms with E-state index < -0.39 is 217 Å². The maximum atomic E-state index is 16.6. The van der Waals surface area contributed by atoms with Gasteiger partial charge in [-0.1, -0.05) is 106 Å². The number of carbonyl (C=O) groups is 11. The molecule has 4 aliphatic carbocycles. The number of nitro groups is 1. The number of aliphatic hydroxyl groups is 1. The van der Waals surface area contributed by atoms with E-state index in [0.717, 1.165) is 13.8 Å². The quantitative estimate of drug-likeness (QED) is 0.0197. The average molecular weight is 1340 g/mol. The fraction of sp³-hybridized carbons (Fsp3) is 0.471. The van der Waals surface area contributed by atoms with Crippen LogP contribution in [0.1, 0.15) is 109 Å². The third kappa shape index (κ3) is 15.2. The van der Waals surface area contributed by atoms with Gasteiger partial charge in [-0.05, 0) is 79.3 Å². The highest BCUT2D eigenvalue weighted by atomic mass is 16.6. The van der Waals surface area contributed by atoms with Crippen molar-refractivity contribution in [1.29, 1.82) is 0 Å². The zero-order valence-electron chi connectivity index (χ0n) is 54.4. The number of nitrogens with zero attached hydrogens (tertiary/aromatic N) is 1. The predicted molar refractivity (Wildman–Crippen MR) is 335 cm³/mol. The van der Waals surface area contributed by atoms with Crippen LogP contribution in [0.25, 0.3) is 0 Å². The first-order valence-electron chi connectivity index (χ1n) is 31.7. The van der Waals surface area contributed by atoms with E-state index in [1.165, 1.54) is 88.4 Å². The minimum absolute atomic E-state index is 0.0367. The number of nitrogens with one attached hydrogen (secondary N) is 2. The second-order valence-corrected chi connectivity index (χ2v) is 25.8. The first-order chi connectivity index (χ1) is 46.0. The van der Waals surface area contributed by atoms with Crippen LogP contribution >= 0.6 is 0 Å². The molecule has 1 heterocycles. The van der Waals surface area contributed by atoms with Crippen LogP contribution in [0, 0.1) is 44.6 Å². The highest BCUT2D eigenvalue weighted by molar-refractivity contribution is 5.96. The van der Waals surface area contributed by atoms with Gasteiger partial charge in [0.15, 0.2) is 30.7 Å². The third-order valence-electron chi connectivity index (χ3n) is 19.4. The first kappa shape index (κ1) is 71.4. The van der Waals surface area contributed by atoms with Crippen molar-refractivity contribution in [3.8, 4) is 11.5 Å². The molecule has 97 heavy (non-hydrogen) atoms. The number of benzene rings is 4. The molecular weight excluding hydrogens is 1270 g/mol. The highest BCUT2D eigenvalue weighted by Gasteiger charge is 2.79. The summed E-state index contributed by atoms with van der Waals surface area (Å²) in [4.78, 5) is 168. The lowest BCUT2D eigenvalue weighted by Gasteiger charge is -2.67. The number of fused-ring (bicyclic) bond motifs is 5. The van der Waals surface area contributed by atoms with Crippen LogP contribution in [-0.2, 0) is 81.1 Å². The Bertz CT molecular complexity index is 3700. The van der Waals surface area contributed by atoms with E-state index >= 15 is 9.59 Å². The van der Waals surface area contributed by atoms with Crippen molar-refractivity contribution in [3.05, 3.63) is 154 Å². The Morgan fingerprint density at radius 2 is 1.35 bits per heavy atom. The Balaban J connectivity index is 1.17. The molecule has 0 radical (unpaired) electrons. The lowest BCUT2D eigenvalue weighted by atomic mass is 9.44. The monoisotopic (exact) mass is 1340 g/mol. The van der Waals surface area contributed by atoms with Gasteiger partial charge in [0.1, 0.15) is 59.4 Å². The van der Waals surface area contributed by atoms with Gasteiger partial charge in [0.25, 0.3) is 0 Å². The minimum atomic E-state index is -2.71. The number of carboxylic acid groups (broad SMARTS) is 1. The number of aliphatic carboxylic acids is 1. The minimum Gasteiger partial charge on any atom is -0.482 e. The van der Waals surface area contributed by atoms with Gasteiger partial charge in [-0.3, -0.25) is 43.7 Å². The molecule has 27 nitrogen and oxygen atoms in total. The summed E-state index contributed by atoms with van der Waals surface area (Å²) >= 11 is 0. The normalized spacial score (nSPS) is 27.7. The van der Waals surface area contributed by atoms with Gasteiger partial charge < -0.3 is 63.5 Å². The molecule has 4 fully saturated rings. The topological polar surface area (TPSA) is 378 Å².